The number of fused-ring (bicyclic) bond motifs is 2. The van der Waals surface area contributed by atoms with E-state index in [9.17, 15) is 4.79 Å². The maximum atomic E-state index is 12.2. The van der Waals surface area contributed by atoms with E-state index in [1.165, 1.54) is 21.9 Å². The zero-order valence-corrected chi connectivity index (χ0v) is 12.4. The van der Waals surface area contributed by atoms with Crippen LogP contribution in [0, 0.1) is 0 Å². The molecule has 0 saturated heterocycles. The molecule has 0 unspecified atom stereocenters. The second kappa shape index (κ2) is 3.32. The van der Waals surface area contributed by atoms with Gasteiger partial charge in [-0.3, -0.25) is 4.79 Å². The highest BCUT2D eigenvalue weighted by Crippen LogP contribution is 2.57. The predicted molar refractivity (Wildman–Crippen MR) is 78.8 cm³/mol. The number of rotatable bonds is 2. The summed E-state index contributed by atoms with van der Waals surface area (Å²) in [6, 6.07) is 12.8. The predicted octanol–water partition coefficient (Wildman–Crippen LogP) is 3.91. The number of hydrogen-bond acceptors (Lipinski definition) is 1. The van der Waals surface area contributed by atoms with E-state index in [0.29, 0.717) is 5.78 Å². The third-order valence-electron chi connectivity index (χ3n) is 4.28. The van der Waals surface area contributed by atoms with Crippen LogP contribution >= 0.6 is 0 Å². The van der Waals surface area contributed by atoms with E-state index >= 15 is 0 Å². The number of Topliss-reactive ketones (excluding diaryl/α,β-unsaturated/α-hetero) is 1. The summed E-state index contributed by atoms with van der Waals surface area (Å²) in [6.07, 6.45) is 0. The van der Waals surface area contributed by atoms with Crippen LogP contribution in [0.1, 0.15) is 18.1 Å². The van der Waals surface area contributed by atoms with Gasteiger partial charge in [0.15, 0.2) is 0 Å². The molecule has 0 saturated carbocycles. The highest BCUT2D eigenvalue weighted by Gasteiger charge is 2.62. The molecule has 0 bridgehead atoms. The van der Waals surface area contributed by atoms with Crippen LogP contribution in [-0.2, 0) is 9.83 Å². The summed E-state index contributed by atoms with van der Waals surface area (Å²) in [4.78, 5) is 12.2. The molecule has 92 valence electrons. The molecule has 0 heterocycles. The molecule has 0 fully saturated rings. The van der Waals surface area contributed by atoms with Crippen molar-refractivity contribution >= 4 is 24.6 Å². The lowest BCUT2D eigenvalue weighted by molar-refractivity contribution is -0.117. The van der Waals surface area contributed by atoms with Crippen LogP contribution in [0.25, 0.3) is 10.8 Å². The summed E-state index contributed by atoms with van der Waals surface area (Å²) in [5.74, 6) is 0.326. The second-order valence-corrected chi connectivity index (χ2v) is 11.6. The van der Waals surface area contributed by atoms with Crippen molar-refractivity contribution < 1.29 is 4.79 Å². The Balaban J connectivity index is 2.28. The molecular formula is C16H18OSi. The minimum atomic E-state index is -1.59. The van der Waals surface area contributed by atoms with E-state index in [-0.39, 0.29) is 5.04 Å². The Labute approximate surface area is 109 Å². The number of benzene rings is 2. The van der Waals surface area contributed by atoms with Crippen LogP contribution in [0.4, 0.5) is 0 Å². The average Bonchev–Trinajstić information content (AvgIpc) is 2.93. The van der Waals surface area contributed by atoms with Crippen molar-refractivity contribution in [2.24, 2.45) is 0 Å². The number of ketones is 1. The van der Waals surface area contributed by atoms with Crippen LogP contribution < -0.4 is 0 Å². The fraction of sp³-hybridized carbons (Fsp3) is 0.312. The molecule has 0 aliphatic heterocycles. The van der Waals surface area contributed by atoms with Gasteiger partial charge in [0.1, 0.15) is 5.78 Å². The number of hydrogen-bond donors (Lipinski definition) is 0. The van der Waals surface area contributed by atoms with Crippen molar-refractivity contribution in [1.29, 1.82) is 0 Å². The molecule has 1 nitrogen and oxygen atoms in total. The molecule has 0 amide bonds. The first-order chi connectivity index (χ1) is 8.39. The fourth-order valence-corrected chi connectivity index (χ4v) is 6.52. The van der Waals surface area contributed by atoms with Gasteiger partial charge in [0.25, 0.3) is 0 Å². The van der Waals surface area contributed by atoms with E-state index < -0.39 is 8.07 Å². The minimum absolute atomic E-state index is 0.216. The molecule has 0 N–H and O–H groups in total. The Morgan fingerprint density at radius 3 is 1.78 bits per heavy atom. The first kappa shape index (κ1) is 11.7. The highest BCUT2D eigenvalue weighted by molar-refractivity contribution is 6.84. The van der Waals surface area contributed by atoms with E-state index in [4.69, 9.17) is 0 Å². The van der Waals surface area contributed by atoms with Crippen molar-refractivity contribution in [2.45, 2.75) is 31.6 Å². The van der Waals surface area contributed by atoms with Gasteiger partial charge in [-0.2, -0.15) is 0 Å². The molecule has 2 heteroatoms. The largest absolute Gasteiger partial charge is 0.299 e. The van der Waals surface area contributed by atoms with E-state index in [1.807, 2.05) is 0 Å². The summed E-state index contributed by atoms with van der Waals surface area (Å²) in [5.41, 5.74) is 2.57. The van der Waals surface area contributed by atoms with E-state index in [2.05, 4.69) is 56.0 Å². The second-order valence-electron chi connectivity index (χ2n) is 6.30. The smallest absolute Gasteiger partial charge is 0.141 e. The van der Waals surface area contributed by atoms with Crippen LogP contribution in [-0.4, -0.2) is 13.9 Å². The van der Waals surface area contributed by atoms with Crippen LogP contribution in [0.15, 0.2) is 36.4 Å². The van der Waals surface area contributed by atoms with Crippen molar-refractivity contribution in [3.63, 3.8) is 0 Å². The molecule has 0 spiro atoms. The molecular weight excluding hydrogens is 236 g/mol. The summed E-state index contributed by atoms with van der Waals surface area (Å²) in [6.45, 7) is 8.63. The molecule has 0 radical (unpaired) electrons. The minimum Gasteiger partial charge on any atom is -0.299 e. The summed E-state index contributed by atoms with van der Waals surface area (Å²) < 4.78 is 0. The maximum absolute atomic E-state index is 12.2. The quantitative estimate of drug-likeness (QED) is 0.743. The lowest BCUT2D eigenvalue weighted by atomic mass is 10.1. The molecule has 0 atom stereocenters. The molecule has 18 heavy (non-hydrogen) atoms. The summed E-state index contributed by atoms with van der Waals surface area (Å²) >= 11 is 0. The van der Waals surface area contributed by atoms with Crippen molar-refractivity contribution in [3.05, 3.63) is 47.5 Å². The Morgan fingerprint density at radius 2 is 1.44 bits per heavy atom. The topological polar surface area (TPSA) is 17.1 Å². The van der Waals surface area contributed by atoms with Crippen LogP contribution in [0.2, 0.25) is 19.6 Å². The number of carbonyl (C=O) groups excluding carboxylic acids is 1. The van der Waals surface area contributed by atoms with Gasteiger partial charge in [0.2, 0.25) is 0 Å². The van der Waals surface area contributed by atoms with Gasteiger partial charge in [-0.25, -0.2) is 0 Å². The molecule has 0 aromatic heterocycles. The lowest BCUT2D eigenvalue weighted by Gasteiger charge is -2.27. The zero-order chi connectivity index (χ0) is 13.1. The first-order valence-electron chi connectivity index (χ1n) is 6.44. The molecule has 2 aromatic carbocycles. The van der Waals surface area contributed by atoms with Crippen LogP contribution in [0.5, 0.6) is 0 Å². The van der Waals surface area contributed by atoms with Gasteiger partial charge in [-0.05, 0) is 41.0 Å². The average molecular weight is 254 g/mol. The Morgan fingerprint density at radius 1 is 1.00 bits per heavy atom. The highest BCUT2D eigenvalue weighted by atomic mass is 28.3. The first-order valence-corrected chi connectivity index (χ1v) is 9.94. The van der Waals surface area contributed by atoms with Crippen molar-refractivity contribution in [1.82, 2.24) is 0 Å². The van der Waals surface area contributed by atoms with Crippen LogP contribution in [0.3, 0.4) is 0 Å². The SMILES string of the molecule is CC(=O)C1([Si](C)(C)C)c2cc3ccccc3cc21. The van der Waals surface area contributed by atoms with Crippen molar-refractivity contribution in [3.8, 4) is 0 Å². The molecule has 1 aliphatic carbocycles. The molecule has 3 rings (SSSR count). The van der Waals surface area contributed by atoms with E-state index in [0.717, 1.165) is 0 Å². The monoisotopic (exact) mass is 254 g/mol. The molecule has 1 aliphatic rings. The number of carbonyl (C=O) groups is 1. The standard InChI is InChI=1S/C16H18OSi/c1-11(17)16(18(2,3)4)14-9-12-7-5-6-8-13(12)10-15(14)16/h5-10H,1-4H3. The van der Waals surface area contributed by atoms with Gasteiger partial charge in [-0.1, -0.05) is 43.9 Å². The fourth-order valence-electron chi connectivity index (χ4n) is 3.49. The lowest BCUT2D eigenvalue weighted by Crippen LogP contribution is -2.44. The van der Waals surface area contributed by atoms with E-state index in [1.54, 1.807) is 6.92 Å². The maximum Gasteiger partial charge on any atom is 0.141 e. The Hall–Kier alpha value is -1.41. The van der Waals surface area contributed by atoms with Gasteiger partial charge >= 0.3 is 0 Å². The normalized spacial score (nSPS) is 16.4. The van der Waals surface area contributed by atoms with Gasteiger partial charge < -0.3 is 0 Å². The molecule has 2 aromatic rings. The van der Waals surface area contributed by atoms with Gasteiger partial charge in [0.05, 0.1) is 13.1 Å². The van der Waals surface area contributed by atoms with Crippen molar-refractivity contribution in [2.75, 3.05) is 0 Å². The zero-order valence-electron chi connectivity index (χ0n) is 11.4. The summed E-state index contributed by atoms with van der Waals surface area (Å²) in [5, 5.41) is 2.28. The third-order valence-corrected chi connectivity index (χ3v) is 7.43. The Kier molecular flexibility index (Phi) is 2.15. The van der Waals surface area contributed by atoms with Gasteiger partial charge in [-0.15, -0.1) is 0 Å². The summed E-state index contributed by atoms with van der Waals surface area (Å²) in [7, 11) is -1.59. The van der Waals surface area contributed by atoms with Gasteiger partial charge in [0, 0.05) is 0 Å². The third kappa shape index (κ3) is 1.24. The Bertz CT molecular complexity index is 622.